The second-order valence-corrected chi connectivity index (χ2v) is 8.17. The van der Waals surface area contributed by atoms with Crippen LogP contribution >= 0.6 is 0 Å². The number of hydrogen-bond donors (Lipinski definition) is 3. The number of aliphatic carboxylic acids is 1. The summed E-state index contributed by atoms with van der Waals surface area (Å²) >= 11 is 0. The van der Waals surface area contributed by atoms with Crippen molar-refractivity contribution in [2.45, 2.75) is 12.6 Å². The molecule has 2 aromatic carbocycles. The van der Waals surface area contributed by atoms with E-state index in [1.165, 1.54) is 0 Å². The Hall–Kier alpha value is -4.86. The molecule has 0 radical (unpaired) electrons. The SMILES string of the molecule is O=C(O)C(F)(F)F.O=C1NCCc2[nH]c(-c3ccnc(/C=C/c4cccc(Oc5ccccc5)c4)c3)cc21. The van der Waals surface area contributed by atoms with E-state index in [9.17, 15) is 18.0 Å². The number of carboxylic acids is 1. The van der Waals surface area contributed by atoms with E-state index in [4.69, 9.17) is 14.6 Å². The molecular weight excluding hydrogens is 499 g/mol. The highest BCUT2D eigenvalue weighted by molar-refractivity contribution is 5.97. The smallest absolute Gasteiger partial charge is 0.475 e. The molecule has 0 atom stereocenters. The molecule has 4 aromatic rings. The van der Waals surface area contributed by atoms with Crippen molar-refractivity contribution in [2.75, 3.05) is 6.54 Å². The van der Waals surface area contributed by atoms with E-state index in [0.717, 1.165) is 51.7 Å². The highest BCUT2D eigenvalue weighted by atomic mass is 19.4. The summed E-state index contributed by atoms with van der Waals surface area (Å²) in [6, 6.07) is 23.5. The van der Waals surface area contributed by atoms with Crippen LogP contribution in [-0.4, -0.2) is 39.7 Å². The monoisotopic (exact) mass is 521 g/mol. The fraction of sp³-hybridized carbons (Fsp3) is 0.107. The summed E-state index contributed by atoms with van der Waals surface area (Å²) in [5, 5.41) is 10.0. The number of fused-ring (bicyclic) bond motifs is 1. The molecule has 0 spiro atoms. The molecular formula is C28H22F3N3O4. The fourth-order valence-corrected chi connectivity index (χ4v) is 3.64. The highest BCUT2D eigenvalue weighted by Crippen LogP contribution is 2.25. The number of nitrogens with zero attached hydrogens (tertiary/aromatic N) is 1. The molecule has 0 saturated carbocycles. The van der Waals surface area contributed by atoms with Crippen LogP contribution in [0.3, 0.4) is 0 Å². The number of para-hydroxylation sites is 1. The van der Waals surface area contributed by atoms with Crippen LogP contribution in [0.15, 0.2) is 79.0 Å². The minimum absolute atomic E-state index is 0.0180. The summed E-state index contributed by atoms with van der Waals surface area (Å²) in [6.07, 6.45) is 1.50. The van der Waals surface area contributed by atoms with Gasteiger partial charge in [-0.25, -0.2) is 4.79 Å². The maximum absolute atomic E-state index is 12.0. The maximum atomic E-state index is 12.0. The molecule has 3 N–H and O–H groups in total. The van der Waals surface area contributed by atoms with Gasteiger partial charge in [-0.05, 0) is 54.1 Å². The number of amides is 1. The predicted octanol–water partition coefficient (Wildman–Crippen LogP) is 5.96. The number of benzene rings is 2. The molecule has 0 saturated heterocycles. The first kappa shape index (κ1) is 26.2. The number of hydrogen-bond acceptors (Lipinski definition) is 4. The summed E-state index contributed by atoms with van der Waals surface area (Å²) in [5.41, 5.74) is 5.50. The Morgan fingerprint density at radius 1 is 0.974 bits per heavy atom. The molecule has 194 valence electrons. The first-order valence-corrected chi connectivity index (χ1v) is 11.5. The number of pyridine rings is 1. The van der Waals surface area contributed by atoms with Gasteiger partial charge in [0.2, 0.25) is 0 Å². The van der Waals surface area contributed by atoms with Gasteiger partial charge in [0.05, 0.1) is 11.3 Å². The minimum atomic E-state index is -5.08. The average molecular weight is 521 g/mol. The van der Waals surface area contributed by atoms with Crippen molar-refractivity contribution >= 4 is 24.0 Å². The van der Waals surface area contributed by atoms with Crippen molar-refractivity contribution in [1.82, 2.24) is 15.3 Å². The third-order valence-corrected chi connectivity index (χ3v) is 5.42. The number of rotatable bonds is 5. The van der Waals surface area contributed by atoms with Gasteiger partial charge in [0.1, 0.15) is 11.5 Å². The number of aromatic amines is 1. The van der Waals surface area contributed by atoms with Crippen LogP contribution in [0.25, 0.3) is 23.4 Å². The first-order chi connectivity index (χ1) is 18.2. The zero-order chi connectivity index (χ0) is 27.1. The molecule has 0 unspecified atom stereocenters. The van der Waals surface area contributed by atoms with Gasteiger partial charge in [0, 0.05) is 36.1 Å². The van der Waals surface area contributed by atoms with Crippen LogP contribution in [0.4, 0.5) is 13.2 Å². The standard InChI is InChI=1S/C26H21N3O2.C2HF3O2/c30-26-23-17-25(29-24(23)12-14-28-26)19-11-13-27-20(16-19)10-9-18-5-4-8-22(15-18)31-21-6-2-1-3-7-21;3-2(4,5)1(6)7/h1-11,13,15-17,29H,12,14H2,(H,28,30);(H,6,7)/b10-9+;. The molecule has 3 heterocycles. The van der Waals surface area contributed by atoms with Gasteiger partial charge in [-0.2, -0.15) is 13.2 Å². The summed E-state index contributed by atoms with van der Waals surface area (Å²) in [6.45, 7) is 0.670. The number of ether oxygens (including phenoxy) is 1. The molecule has 2 aromatic heterocycles. The normalized spacial score (nSPS) is 12.8. The summed E-state index contributed by atoms with van der Waals surface area (Å²) < 4.78 is 37.6. The van der Waals surface area contributed by atoms with Crippen molar-refractivity contribution in [3.63, 3.8) is 0 Å². The molecule has 0 fully saturated rings. The van der Waals surface area contributed by atoms with Gasteiger partial charge in [-0.1, -0.05) is 36.4 Å². The first-order valence-electron chi connectivity index (χ1n) is 11.5. The Bertz CT molecular complexity index is 1460. The van der Waals surface area contributed by atoms with E-state index >= 15 is 0 Å². The van der Waals surface area contributed by atoms with Crippen molar-refractivity contribution in [2.24, 2.45) is 0 Å². The molecule has 1 aliphatic rings. The van der Waals surface area contributed by atoms with E-state index in [2.05, 4.69) is 15.3 Å². The Morgan fingerprint density at radius 2 is 1.71 bits per heavy atom. The topological polar surface area (TPSA) is 104 Å². The van der Waals surface area contributed by atoms with Crippen LogP contribution in [-0.2, 0) is 11.2 Å². The number of carbonyl (C=O) groups excluding carboxylic acids is 1. The maximum Gasteiger partial charge on any atom is 0.490 e. The number of alkyl halides is 3. The molecule has 10 heteroatoms. The Labute approximate surface area is 215 Å². The van der Waals surface area contributed by atoms with E-state index < -0.39 is 12.1 Å². The Morgan fingerprint density at radius 3 is 2.42 bits per heavy atom. The number of halogens is 3. The van der Waals surface area contributed by atoms with Crippen LogP contribution in [0.5, 0.6) is 11.5 Å². The zero-order valence-corrected chi connectivity index (χ0v) is 19.8. The van der Waals surface area contributed by atoms with Gasteiger partial charge in [-0.3, -0.25) is 9.78 Å². The van der Waals surface area contributed by atoms with E-state index in [1.807, 2.05) is 84.9 Å². The second kappa shape index (κ2) is 11.5. The van der Waals surface area contributed by atoms with Crippen LogP contribution in [0.2, 0.25) is 0 Å². The number of carboxylic acid groups (broad SMARTS) is 1. The van der Waals surface area contributed by atoms with Crippen LogP contribution in [0.1, 0.15) is 27.3 Å². The lowest BCUT2D eigenvalue weighted by atomic mass is 10.1. The molecule has 0 aliphatic carbocycles. The molecule has 1 aliphatic heterocycles. The fourth-order valence-electron chi connectivity index (χ4n) is 3.64. The molecule has 1 amide bonds. The van der Waals surface area contributed by atoms with Crippen molar-refractivity contribution in [3.05, 3.63) is 102 Å². The number of aromatic nitrogens is 2. The van der Waals surface area contributed by atoms with E-state index in [0.29, 0.717) is 6.54 Å². The van der Waals surface area contributed by atoms with Crippen molar-refractivity contribution < 1.29 is 32.6 Å². The Balaban J connectivity index is 0.000000426. The number of nitrogens with one attached hydrogen (secondary N) is 2. The zero-order valence-electron chi connectivity index (χ0n) is 19.8. The van der Waals surface area contributed by atoms with Crippen molar-refractivity contribution in [3.8, 4) is 22.8 Å². The highest BCUT2D eigenvalue weighted by Gasteiger charge is 2.38. The van der Waals surface area contributed by atoms with Gasteiger partial charge in [0.25, 0.3) is 5.91 Å². The quantitative estimate of drug-likeness (QED) is 0.301. The second-order valence-electron chi connectivity index (χ2n) is 8.17. The van der Waals surface area contributed by atoms with Gasteiger partial charge in [0.15, 0.2) is 0 Å². The predicted molar refractivity (Wildman–Crippen MR) is 136 cm³/mol. The molecule has 5 rings (SSSR count). The Kier molecular flexibility index (Phi) is 7.91. The minimum Gasteiger partial charge on any atom is -0.475 e. The number of H-pyrrole nitrogens is 1. The van der Waals surface area contributed by atoms with Gasteiger partial charge in [-0.15, -0.1) is 0 Å². The summed E-state index contributed by atoms with van der Waals surface area (Å²) in [7, 11) is 0. The molecule has 7 nitrogen and oxygen atoms in total. The summed E-state index contributed by atoms with van der Waals surface area (Å²) in [4.78, 5) is 28.8. The largest absolute Gasteiger partial charge is 0.490 e. The lowest BCUT2D eigenvalue weighted by Crippen LogP contribution is -2.31. The summed E-state index contributed by atoms with van der Waals surface area (Å²) in [5.74, 6) is -1.19. The van der Waals surface area contributed by atoms with Crippen LogP contribution < -0.4 is 10.1 Å². The lowest BCUT2D eigenvalue weighted by molar-refractivity contribution is -0.192. The van der Waals surface area contributed by atoms with E-state index in [-0.39, 0.29) is 5.91 Å². The van der Waals surface area contributed by atoms with Gasteiger partial charge < -0.3 is 20.1 Å². The van der Waals surface area contributed by atoms with Gasteiger partial charge >= 0.3 is 12.1 Å². The third kappa shape index (κ3) is 6.88. The van der Waals surface area contributed by atoms with E-state index in [1.54, 1.807) is 6.20 Å². The molecule has 38 heavy (non-hydrogen) atoms. The number of carbonyl (C=O) groups is 2. The van der Waals surface area contributed by atoms with Crippen molar-refractivity contribution in [1.29, 1.82) is 0 Å². The average Bonchev–Trinajstić information content (AvgIpc) is 3.34. The third-order valence-electron chi connectivity index (χ3n) is 5.42. The lowest BCUT2D eigenvalue weighted by Gasteiger charge is -2.10. The molecule has 0 bridgehead atoms. The van der Waals surface area contributed by atoms with Crippen LogP contribution in [0, 0.1) is 0 Å².